The van der Waals surface area contributed by atoms with Crippen molar-refractivity contribution in [3.05, 3.63) is 34.1 Å². The van der Waals surface area contributed by atoms with Gasteiger partial charge in [-0.1, -0.05) is 25.1 Å². The predicted octanol–water partition coefficient (Wildman–Crippen LogP) is 3.13. The summed E-state index contributed by atoms with van der Waals surface area (Å²) in [6.07, 6.45) is 1.54. The summed E-state index contributed by atoms with van der Waals surface area (Å²) in [5.74, 6) is 1.21. The number of hydrogen-bond donors (Lipinski definition) is 1. The van der Waals surface area contributed by atoms with Crippen molar-refractivity contribution in [2.24, 2.45) is 11.1 Å². The van der Waals surface area contributed by atoms with Gasteiger partial charge in [0.05, 0.1) is 6.10 Å². The molecule has 5 nitrogen and oxygen atoms in total. The number of halogens is 1. The van der Waals surface area contributed by atoms with Gasteiger partial charge in [0.15, 0.2) is 5.82 Å². The largest absolute Gasteiger partial charge is 0.378 e. The summed E-state index contributed by atoms with van der Waals surface area (Å²) in [5, 5.41) is 6.12. The minimum Gasteiger partial charge on any atom is -0.378 e. The highest BCUT2D eigenvalue weighted by Crippen LogP contribution is 2.55. The van der Waals surface area contributed by atoms with Crippen LogP contribution in [0.15, 0.2) is 22.0 Å². The zero-order valence-electron chi connectivity index (χ0n) is 13.0. The normalized spacial score (nSPS) is 26.3. The highest BCUT2D eigenvalue weighted by molar-refractivity contribution is 7.09. The van der Waals surface area contributed by atoms with Crippen molar-refractivity contribution in [2.75, 3.05) is 6.61 Å². The van der Waals surface area contributed by atoms with Gasteiger partial charge in [0.2, 0.25) is 5.89 Å². The van der Waals surface area contributed by atoms with Crippen molar-refractivity contribution in [3.63, 3.8) is 0 Å². The molecular formula is C15H22ClN3O2S. The molecule has 1 fully saturated rings. The molecule has 7 heteroatoms. The van der Waals surface area contributed by atoms with Crippen LogP contribution in [0.1, 0.15) is 43.8 Å². The molecule has 1 saturated carbocycles. The van der Waals surface area contributed by atoms with Gasteiger partial charge in [-0.15, -0.1) is 23.7 Å². The van der Waals surface area contributed by atoms with Gasteiger partial charge in [-0.3, -0.25) is 0 Å². The lowest BCUT2D eigenvalue weighted by atomic mass is 9.54. The van der Waals surface area contributed by atoms with E-state index in [1.165, 1.54) is 4.88 Å². The van der Waals surface area contributed by atoms with E-state index in [-0.39, 0.29) is 23.9 Å². The van der Waals surface area contributed by atoms with Gasteiger partial charge in [0.25, 0.3) is 0 Å². The van der Waals surface area contributed by atoms with Crippen molar-refractivity contribution >= 4 is 23.7 Å². The van der Waals surface area contributed by atoms with Gasteiger partial charge in [-0.05, 0) is 18.4 Å². The van der Waals surface area contributed by atoms with Crippen LogP contribution in [-0.4, -0.2) is 22.9 Å². The molecule has 2 unspecified atom stereocenters. The first-order valence-corrected chi connectivity index (χ1v) is 8.11. The predicted molar refractivity (Wildman–Crippen MR) is 88.3 cm³/mol. The minimum atomic E-state index is -0.604. The first-order valence-electron chi connectivity index (χ1n) is 7.23. The molecule has 1 aliphatic carbocycles. The molecule has 22 heavy (non-hydrogen) atoms. The first kappa shape index (κ1) is 17.4. The average Bonchev–Trinajstić information content (AvgIpc) is 3.10. The zero-order chi connectivity index (χ0) is 15.1. The van der Waals surface area contributed by atoms with Crippen molar-refractivity contribution < 1.29 is 9.26 Å². The second kappa shape index (κ2) is 6.28. The van der Waals surface area contributed by atoms with E-state index in [1.807, 2.05) is 18.4 Å². The van der Waals surface area contributed by atoms with Gasteiger partial charge in [0.1, 0.15) is 5.54 Å². The Labute approximate surface area is 140 Å². The quantitative estimate of drug-likeness (QED) is 0.902. The van der Waals surface area contributed by atoms with Crippen LogP contribution in [0, 0.1) is 5.41 Å². The van der Waals surface area contributed by atoms with E-state index < -0.39 is 5.54 Å². The van der Waals surface area contributed by atoms with Gasteiger partial charge < -0.3 is 15.0 Å². The fourth-order valence-corrected chi connectivity index (χ4v) is 3.58. The minimum absolute atomic E-state index is 0. The monoisotopic (exact) mass is 343 g/mol. The summed E-state index contributed by atoms with van der Waals surface area (Å²) in [4.78, 5) is 5.73. The molecule has 0 bridgehead atoms. The molecule has 0 aliphatic heterocycles. The van der Waals surface area contributed by atoms with Crippen molar-refractivity contribution in [1.82, 2.24) is 10.1 Å². The number of nitrogens with zero attached hydrogens (tertiary/aromatic N) is 2. The Bertz CT molecular complexity index is 614. The fourth-order valence-electron chi connectivity index (χ4n) is 2.87. The maximum atomic E-state index is 6.54. The number of rotatable bonds is 5. The molecule has 2 aromatic heterocycles. The second-order valence-electron chi connectivity index (χ2n) is 6.11. The molecule has 2 aromatic rings. The summed E-state index contributed by atoms with van der Waals surface area (Å²) in [6.45, 7) is 6.88. The van der Waals surface area contributed by atoms with Crippen LogP contribution in [-0.2, 0) is 16.7 Å². The Morgan fingerprint density at radius 3 is 2.86 bits per heavy atom. The highest BCUT2D eigenvalue weighted by atomic mass is 35.5. The SMILES string of the molecule is CCOC1CC(N)(c2nc(Cc3cccs3)no2)C1(C)C.Cl. The topological polar surface area (TPSA) is 74.2 Å². The molecule has 2 heterocycles. The average molecular weight is 344 g/mol. The molecule has 2 atom stereocenters. The van der Waals surface area contributed by atoms with Gasteiger partial charge >= 0.3 is 0 Å². The Morgan fingerprint density at radius 2 is 2.27 bits per heavy atom. The van der Waals surface area contributed by atoms with Crippen molar-refractivity contribution in [1.29, 1.82) is 0 Å². The first-order chi connectivity index (χ1) is 9.97. The van der Waals surface area contributed by atoms with Crippen molar-refractivity contribution in [2.45, 2.75) is 45.3 Å². The number of hydrogen-bond acceptors (Lipinski definition) is 6. The molecule has 0 radical (unpaired) electrons. The smallest absolute Gasteiger partial charge is 0.247 e. The van der Waals surface area contributed by atoms with Crippen LogP contribution in [0.25, 0.3) is 0 Å². The molecule has 0 amide bonds. The van der Waals surface area contributed by atoms with E-state index in [9.17, 15) is 0 Å². The Kier molecular flexibility index (Phi) is 4.96. The third kappa shape index (κ3) is 2.69. The van der Waals surface area contributed by atoms with E-state index in [0.717, 1.165) is 0 Å². The lowest BCUT2D eigenvalue weighted by Gasteiger charge is -2.56. The maximum Gasteiger partial charge on any atom is 0.247 e. The van der Waals surface area contributed by atoms with E-state index in [1.54, 1.807) is 11.3 Å². The van der Waals surface area contributed by atoms with E-state index in [0.29, 0.717) is 31.2 Å². The number of ether oxygens (including phenoxy) is 1. The molecule has 0 saturated heterocycles. The number of aromatic nitrogens is 2. The zero-order valence-corrected chi connectivity index (χ0v) is 14.7. The highest BCUT2D eigenvalue weighted by Gasteiger charge is 2.62. The van der Waals surface area contributed by atoms with E-state index in [2.05, 4.69) is 30.1 Å². The Hall–Kier alpha value is -0.950. The molecule has 0 aromatic carbocycles. The fraction of sp³-hybridized carbons (Fsp3) is 0.600. The standard InChI is InChI=1S/C15H21N3O2S.ClH/c1-4-19-11-9-15(16,14(11,2)3)13-17-12(18-20-13)8-10-6-5-7-21-10;/h5-7,11H,4,8-9,16H2,1-3H3;1H. The van der Waals surface area contributed by atoms with Gasteiger partial charge in [-0.2, -0.15) is 4.98 Å². The van der Waals surface area contributed by atoms with Crippen LogP contribution in [0.2, 0.25) is 0 Å². The molecule has 0 spiro atoms. The summed E-state index contributed by atoms with van der Waals surface area (Å²) in [7, 11) is 0. The molecule has 122 valence electrons. The molecule has 1 aliphatic rings. The number of thiophene rings is 1. The number of nitrogens with two attached hydrogens (primary N) is 1. The molecular weight excluding hydrogens is 322 g/mol. The molecule has 3 rings (SSSR count). The van der Waals surface area contributed by atoms with Crippen molar-refractivity contribution in [3.8, 4) is 0 Å². The van der Waals surface area contributed by atoms with Crippen LogP contribution >= 0.6 is 23.7 Å². The lowest BCUT2D eigenvalue weighted by molar-refractivity contribution is -0.162. The van der Waals surface area contributed by atoms with Crippen LogP contribution in [0.5, 0.6) is 0 Å². The lowest BCUT2D eigenvalue weighted by Crippen LogP contribution is -2.67. The Morgan fingerprint density at radius 1 is 1.50 bits per heavy atom. The Balaban J connectivity index is 0.00000176. The second-order valence-corrected chi connectivity index (χ2v) is 7.15. The van der Waals surface area contributed by atoms with E-state index >= 15 is 0 Å². The molecule has 2 N–H and O–H groups in total. The third-order valence-corrected chi connectivity index (χ3v) is 5.47. The van der Waals surface area contributed by atoms with Gasteiger partial charge in [0, 0.05) is 29.7 Å². The summed E-state index contributed by atoms with van der Waals surface area (Å²) in [6, 6.07) is 4.09. The maximum absolute atomic E-state index is 6.54. The van der Waals surface area contributed by atoms with Gasteiger partial charge in [-0.25, -0.2) is 0 Å². The van der Waals surface area contributed by atoms with E-state index in [4.69, 9.17) is 15.0 Å². The summed E-state index contributed by atoms with van der Waals surface area (Å²) in [5.41, 5.74) is 5.72. The summed E-state index contributed by atoms with van der Waals surface area (Å²) >= 11 is 1.69. The third-order valence-electron chi connectivity index (χ3n) is 4.59. The van der Waals surface area contributed by atoms with Crippen LogP contribution < -0.4 is 5.73 Å². The summed E-state index contributed by atoms with van der Waals surface area (Å²) < 4.78 is 11.2. The van der Waals surface area contributed by atoms with Crippen LogP contribution in [0.4, 0.5) is 0 Å². The van der Waals surface area contributed by atoms with Crippen LogP contribution in [0.3, 0.4) is 0 Å².